The Balaban J connectivity index is 1.47. The molecular formula is C19H26N4O. The van der Waals surface area contributed by atoms with E-state index in [2.05, 4.69) is 27.0 Å². The quantitative estimate of drug-likeness (QED) is 0.887. The molecule has 128 valence electrons. The van der Waals surface area contributed by atoms with Crippen LogP contribution in [0.5, 0.6) is 0 Å². The Kier molecular flexibility index (Phi) is 5.88. The lowest BCUT2D eigenvalue weighted by Crippen LogP contribution is -2.49. The topological polar surface area (TPSA) is 50.2 Å². The zero-order valence-electron chi connectivity index (χ0n) is 14.1. The van der Waals surface area contributed by atoms with Gasteiger partial charge in [-0.1, -0.05) is 30.3 Å². The molecule has 3 rings (SSSR count). The number of imidazole rings is 1. The summed E-state index contributed by atoms with van der Waals surface area (Å²) in [7, 11) is 0. The summed E-state index contributed by atoms with van der Waals surface area (Å²) in [6.07, 6.45) is 10.9. The van der Waals surface area contributed by atoms with E-state index in [1.165, 1.54) is 12.0 Å². The molecule has 0 spiro atoms. The summed E-state index contributed by atoms with van der Waals surface area (Å²) in [5, 5.41) is 3.09. The van der Waals surface area contributed by atoms with Crippen LogP contribution in [0.15, 0.2) is 49.1 Å². The predicted molar refractivity (Wildman–Crippen MR) is 94.7 cm³/mol. The molecule has 1 aliphatic rings. The van der Waals surface area contributed by atoms with Gasteiger partial charge in [-0.25, -0.2) is 9.78 Å². The van der Waals surface area contributed by atoms with E-state index in [0.29, 0.717) is 12.6 Å². The Hall–Kier alpha value is -2.30. The van der Waals surface area contributed by atoms with Crippen LogP contribution in [0.2, 0.25) is 0 Å². The number of nitrogens with one attached hydrogen (secondary N) is 1. The molecule has 2 amide bonds. The average molecular weight is 326 g/mol. The maximum Gasteiger partial charge on any atom is 0.317 e. The number of piperidine rings is 1. The minimum Gasteiger partial charge on any atom is -0.338 e. The van der Waals surface area contributed by atoms with Crippen molar-refractivity contribution >= 4 is 6.03 Å². The van der Waals surface area contributed by atoms with Crippen molar-refractivity contribution in [1.82, 2.24) is 19.8 Å². The van der Waals surface area contributed by atoms with E-state index in [0.717, 1.165) is 38.8 Å². The molecule has 0 unspecified atom stereocenters. The number of hydrogen-bond acceptors (Lipinski definition) is 2. The fraction of sp³-hybridized carbons (Fsp3) is 0.474. The van der Waals surface area contributed by atoms with Crippen molar-refractivity contribution in [3.05, 3.63) is 54.6 Å². The van der Waals surface area contributed by atoms with Crippen molar-refractivity contribution < 1.29 is 4.79 Å². The number of urea groups is 1. The fourth-order valence-corrected chi connectivity index (χ4v) is 3.35. The standard InChI is InChI=1S/C19H26N4O/c24-19(21-11-9-17-6-2-1-3-7-17)23-13-5-4-8-18(23)10-14-22-15-12-20-16-22/h1-3,6-7,12,15-16,18H,4-5,8-11,13-14H2,(H,21,24)/t18-/m0/s1. The Labute approximate surface area is 143 Å². The fourth-order valence-electron chi connectivity index (χ4n) is 3.35. The predicted octanol–water partition coefficient (Wildman–Crippen LogP) is 3.08. The molecule has 0 saturated carbocycles. The number of aryl methyl sites for hydroxylation is 1. The molecule has 1 aromatic heterocycles. The first-order chi connectivity index (χ1) is 11.8. The van der Waals surface area contributed by atoms with Crippen LogP contribution < -0.4 is 5.32 Å². The van der Waals surface area contributed by atoms with Crippen molar-refractivity contribution in [2.45, 2.75) is 44.7 Å². The molecule has 1 aliphatic heterocycles. The maximum atomic E-state index is 12.6. The SMILES string of the molecule is O=C(NCCc1ccccc1)N1CCCC[C@H]1CCn1ccnc1. The average Bonchev–Trinajstić information content (AvgIpc) is 3.14. The van der Waals surface area contributed by atoms with Gasteiger partial charge < -0.3 is 14.8 Å². The smallest absolute Gasteiger partial charge is 0.317 e. The van der Waals surface area contributed by atoms with Gasteiger partial charge in [0, 0.05) is 38.1 Å². The molecule has 2 aromatic rings. The second-order valence-electron chi connectivity index (χ2n) is 6.40. The third-order valence-electron chi connectivity index (χ3n) is 4.70. The van der Waals surface area contributed by atoms with Gasteiger partial charge in [0.05, 0.1) is 6.33 Å². The van der Waals surface area contributed by atoms with Crippen LogP contribution in [-0.4, -0.2) is 39.6 Å². The monoisotopic (exact) mass is 326 g/mol. The zero-order chi connectivity index (χ0) is 16.6. The van der Waals surface area contributed by atoms with E-state index in [1.807, 2.05) is 35.6 Å². The minimum absolute atomic E-state index is 0.0845. The summed E-state index contributed by atoms with van der Waals surface area (Å²) >= 11 is 0. The Morgan fingerprint density at radius 1 is 1.25 bits per heavy atom. The summed E-state index contributed by atoms with van der Waals surface area (Å²) < 4.78 is 2.08. The van der Waals surface area contributed by atoms with Crippen LogP contribution in [0.1, 0.15) is 31.2 Å². The van der Waals surface area contributed by atoms with E-state index < -0.39 is 0 Å². The van der Waals surface area contributed by atoms with Gasteiger partial charge in [0.15, 0.2) is 0 Å². The number of amides is 2. The summed E-state index contributed by atoms with van der Waals surface area (Å²) in [4.78, 5) is 18.7. The van der Waals surface area contributed by atoms with Gasteiger partial charge in [0.2, 0.25) is 0 Å². The van der Waals surface area contributed by atoms with E-state index in [-0.39, 0.29) is 6.03 Å². The van der Waals surface area contributed by atoms with Crippen molar-refractivity contribution in [2.75, 3.05) is 13.1 Å². The number of aromatic nitrogens is 2. The summed E-state index contributed by atoms with van der Waals surface area (Å²) in [6, 6.07) is 10.7. The van der Waals surface area contributed by atoms with Crippen LogP contribution in [0, 0.1) is 0 Å². The third-order valence-corrected chi connectivity index (χ3v) is 4.70. The van der Waals surface area contributed by atoms with Gasteiger partial charge in [0.1, 0.15) is 0 Å². The second kappa shape index (κ2) is 8.52. The molecule has 5 heteroatoms. The van der Waals surface area contributed by atoms with Crippen molar-refractivity contribution in [3.63, 3.8) is 0 Å². The largest absolute Gasteiger partial charge is 0.338 e. The van der Waals surface area contributed by atoms with Gasteiger partial charge in [-0.15, -0.1) is 0 Å². The summed E-state index contributed by atoms with van der Waals surface area (Å²) in [5.41, 5.74) is 1.26. The highest BCUT2D eigenvalue weighted by atomic mass is 16.2. The summed E-state index contributed by atoms with van der Waals surface area (Å²) in [5.74, 6) is 0. The lowest BCUT2D eigenvalue weighted by Gasteiger charge is -2.36. The minimum atomic E-state index is 0.0845. The molecule has 1 saturated heterocycles. The first-order valence-corrected chi connectivity index (χ1v) is 8.87. The molecule has 1 aromatic carbocycles. The van der Waals surface area contributed by atoms with Crippen LogP contribution in [0.4, 0.5) is 4.79 Å². The van der Waals surface area contributed by atoms with E-state index >= 15 is 0 Å². The molecule has 0 bridgehead atoms. The van der Waals surface area contributed by atoms with Crippen LogP contribution >= 0.6 is 0 Å². The summed E-state index contributed by atoms with van der Waals surface area (Å²) in [6.45, 7) is 2.47. The van der Waals surface area contributed by atoms with E-state index in [9.17, 15) is 4.79 Å². The lowest BCUT2D eigenvalue weighted by atomic mass is 10.00. The number of carbonyl (C=O) groups is 1. The molecule has 5 nitrogen and oxygen atoms in total. The van der Waals surface area contributed by atoms with Crippen molar-refractivity contribution in [1.29, 1.82) is 0 Å². The van der Waals surface area contributed by atoms with E-state index in [1.54, 1.807) is 6.20 Å². The third kappa shape index (κ3) is 4.60. The first-order valence-electron chi connectivity index (χ1n) is 8.87. The highest BCUT2D eigenvalue weighted by Gasteiger charge is 2.26. The first kappa shape index (κ1) is 16.6. The Bertz CT molecular complexity index is 612. The second-order valence-corrected chi connectivity index (χ2v) is 6.40. The molecule has 0 radical (unpaired) electrons. The van der Waals surface area contributed by atoms with Crippen LogP contribution in [0.25, 0.3) is 0 Å². The van der Waals surface area contributed by atoms with Crippen molar-refractivity contribution in [2.24, 2.45) is 0 Å². The van der Waals surface area contributed by atoms with Gasteiger partial charge in [-0.3, -0.25) is 0 Å². The van der Waals surface area contributed by atoms with E-state index in [4.69, 9.17) is 0 Å². The molecule has 2 heterocycles. The van der Waals surface area contributed by atoms with Gasteiger partial charge in [-0.2, -0.15) is 0 Å². The number of carbonyl (C=O) groups excluding carboxylic acids is 1. The normalized spacial score (nSPS) is 17.7. The molecular weight excluding hydrogens is 300 g/mol. The molecule has 24 heavy (non-hydrogen) atoms. The van der Waals surface area contributed by atoms with Gasteiger partial charge in [-0.05, 0) is 37.7 Å². The molecule has 1 fully saturated rings. The van der Waals surface area contributed by atoms with Crippen LogP contribution in [-0.2, 0) is 13.0 Å². The maximum absolute atomic E-state index is 12.6. The van der Waals surface area contributed by atoms with Crippen molar-refractivity contribution in [3.8, 4) is 0 Å². The number of benzene rings is 1. The lowest BCUT2D eigenvalue weighted by molar-refractivity contribution is 0.144. The number of hydrogen-bond donors (Lipinski definition) is 1. The number of rotatable bonds is 6. The Morgan fingerprint density at radius 3 is 2.92 bits per heavy atom. The Morgan fingerprint density at radius 2 is 2.12 bits per heavy atom. The highest BCUT2D eigenvalue weighted by molar-refractivity contribution is 5.74. The highest BCUT2D eigenvalue weighted by Crippen LogP contribution is 2.20. The molecule has 0 aliphatic carbocycles. The zero-order valence-corrected chi connectivity index (χ0v) is 14.1. The molecule has 1 atom stereocenters. The number of nitrogens with zero attached hydrogens (tertiary/aromatic N) is 3. The molecule has 1 N–H and O–H groups in total. The van der Waals surface area contributed by atoms with Crippen LogP contribution in [0.3, 0.4) is 0 Å². The number of likely N-dealkylation sites (tertiary alicyclic amines) is 1. The van der Waals surface area contributed by atoms with Gasteiger partial charge >= 0.3 is 6.03 Å². The van der Waals surface area contributed by atoms with Gasteiger partial charge in [0.25, 0.3) is 0 Å².